The van der Waals surface area contributed by atoms with Crippen LogP contribution in [0.25, 0.3) is 5.57 Å². The van der Waals surface area contributed by atoms with Gasteiger partial charge in [0.1, 0.15) is 5.75 Å². The number of benzene rings is 3. The maximum atomic E-state index is 14.9. The number of hydrogen-bond donors (Lipinski definition) is 2. The highest BCUT2D eigenvalue weighted by molar-refractivity contribution is 6.31. The number of carbonyl (C=O) groups excluding carboxylic acids is 4. The number of imide groups is 1. The predicted molar refractivity (Wildman–Crippen MR) is 168 cm³/mol. The molecule has 1 heterocycles. The molecule has 232 valence electrons. The number of likely N-dealkylation sites (tertiary alicyclic amines) is 1. The van der Waals surface area contributed by atoms with Gasteiger partial charge < -0.3 is 10.2 Å². The second kappa shape index (κ2) is 11.1. The second-order valence-corrected chi connectivity index (χ2v) is 12.8. The summed E-state index contributed by atoms with van der Waals surface area (Å²) < 4.78 is 0. The van der Waals surface area contributed by atoms with Gasteiger partial charge in [-0.2, -0.15) is 0 Å². The highest BCUT2D eigenvalue weighted by Crippen LogP contribution is 2.63. The Morgan fingerprint density at radius 2 is 1.61 bits per heavy atom. The number of fused-ring (bicyclic) bond motifs is 4. The number of ketones is 2. The zero-order chi connectivity index (χ0) is 32.3. The van der Waals surface area contributed by atoms with Crippen LogP contribution in [0.15, 0.2) is 96.6 Å². The SMILES string of the molecule is Cc1cc([C@H]2C3=CC[C@@H]4C(=O)N(CCC(=O)O)C(=O)[C@@H]4[C@@H]3C[C@H]3C(=O)C(c4ccccc4)=CC(=O)[C@@]23c2ccccc2)ccc1O. The highest BCUT2D eigenvalue weighted by atomic mass is 16.4. The molecule has 2 N–H and O–H groups in total. The topological polar surface area (TPSA) is 129 Å². The molecule has 3 aromatic rings. The lowest BCUT2D eigenvalue weighted by molar-refractivity contribution is -0.142. The predicted octanol–water partition coefficient (Wildman–Crippen LogP) is 5.00. The average molecular weight is 616 g/mol. The summed E-state index contributed by atoms with van der Waals surface area (Å²) in [7, 11) is 0. The number of amides is 2. The number of carbonyl (C=O) groups is 5. The van der Waals surface area contributed by atoms with Gasteiger partial charge in [0.15, 0.2) is 11.6 Å². The molecule has 6 atom stereocenters. The number of rotatable bonds is 6. The fourth-order valence-corrected chi connectivity index (χ4v) is 8.60. The first-order chi connectivity index (χ1) is 22.1. The van der Waals surface area contributed by atoms with Crippen molar-refractivity contribution in [3.63, 3.8) is 0 Å². The Balaban J connectivity index is 1.47. The first-order valence-corrected chi connectivity index (χ1v) is 15.6. The van der Waals surface area contributed by atoms with E-state index in [1.807, 2.05) is 60.7 Å². The van der Waals surface area contributed by atoms with Crippen molar-refractivity contribution in [2.45, 2.75) is 37.5 Å². The maximum Gasteiger partial charge on any atom is 0.305 e. The Hall–Kier alpha value is -5.11. The van der Waals surface area contributed by atoms with Crippen LogP contribution in [0.4, 0.5) is 0 Å². The van der Waals surface area contributed by atoms with Crippen LogP contribution in [0.1, 0.15) is 47.4 Å². The lowest BCUT2D eigenvalue weighted by Crippen LogP contribution is -2.58. The van der Waals surface area contributed by atoms with Crippen LogP contribution < -0.4 is 0 Å². The molecule has 2 amide bonds. The normalized spacial score (nSPS) is 28.6. The van der Waals surface area contributed by atoms with Crippen molar-refractivity contribution in [2.75, 3.05) is 6.54 Å². The molecule has 3 aliphatic carbocycles. The van der Waals surface area contributed by atoms with Crippen molar-refractivity contribution in [3.05, 3.63) is 119 Å². The van der Waals surface area contributed by atoms with E-state index in [1.165, 1.54) is 6.08 Å². The number of carboxylic acids is 1. The van der Waals surface area contributed by atoms with Crippen LogP contribution >= 0.6 is 0 Å². The number of phenolic OH excluding ortho intramolecular Hbond substituents is 1. The van der Waals surface area contributed by atoms with E-state index in [4.69, 9.17) is 0 Å². The van der Waals surface area contributed by atoms with Crippen molar-refractivity contribution in [2.24, 2.45) is 23.7 Å². The van der Waals surface area contributed by atoms with Crippen LogP contribution in [0.3, 0.4) is 0 Å². The molecule has 0 spiro atoms. The summed E-state index contributed by atoms with van der Waals surface area (Å²) in [5, 5.41) is 19.8. The number of nitrogens with zero attached hydrogens (tertiary/aromatic N) is 1. The van der Waals surface area contributed by atoms with Gasteiger partial charge in [0.2, 0.25) is 11.8 Å². The minimum absolute atomic E-state index is 0.0991. The van der Waals surface area contributed by atoms with Gasteiger partial charge in [-0.3, -0.25) is 28.9 Å². The maximum absolute atomic E-state index is 14.9. The first-order valence-electron chi connectivity index (χ1n) is 15.6. The summed E-state index contributed by atoms with van der Waals surface area (Å²) in [5.74, 6) is -5.73. The monoisotopic (exact) mass is 615 g/mol. The Morgan fingerprint density at radius 1 is 0.913 bits per heavy atom. The van der Waals surface area contributed by atoms with Crippen molar-refractivity contribution >= 4 is 34.9 Å². The van der Waals surface area contributed by atoms with Crippen LogP contribution in [-0.4, -0.2) is 51.0 Å². The van der Waals surface area contributed by atoms with Crippen molar-refractivity contribution in [1.29, 1.82) is 0 Å². The molecule has 8 nitrogen and oxygen atoms in total. The summed E-state index contributed by atoms with van der Waals surface area (Å²) in [4.78, 5) is 69.7. The van der Waals surface area contributed by atoms with Gasteiger partial charge in [-0.15, -0.1) is 0 Å². The molecule has 1 saturated carbocycles. The third kappa shape index (κ3) is 4.30. The lowest BCUT2D eigenvalue weighted by atomic mass is 9.44. The number of carboxylic acid groups (broad SMARTS) is 1. The highest BCUT2D eigenvalue weighted by Gasteiger charge is 2.65. The van der Waals surface area contributed by atoms with E-state index in [2.05, 4.69) is 0 Å². The van der Waals surface area contributed by atoms with Gasteiger partial charge >= 0.3 is 5.97 Å². The Morgan fingerprint density at radius 3 is 2.28 bits per heavy atom. The molecule has 8 heteroatoms. The van der Waals surface area contributed by atoms with E-state index in [0.29, 0.717) is 22.3 Å². The number of aryl methyl sites for hydroxylation is 1. The van der Waals surface area contributed by atoms with E-state index in [9.17, 15) is 34.2 Å². The van der Waals surface area contributed by atoms with E-state index in [1.54, 1.807) is 31.2 Å². The molecule has 0 aromatic heterocycles. The molecule has 0 bridgehead atoms. The van der Waals surface area contributed by atoms with Crippen molar-refractivity contribution in [1.82, 2.24) is 4.90 Å². The van der Waals surface area contributed by atoms with Crippen LogP contribution in [0.5, 0.6) is 5.75 Å². The standard InChI is InChI=1S/C38H33NO7/c1-21-18-23(12-15-30(21)40)34-25-13-14-26-33(37(46)39(36(26)45)17-16-32(42)43)28(25)19-29-35(44)27(22-8-4-2-5-9-22)20-31(41)38(29,34)24-10-6-3-7-11-24/h2-13,15,18,20,26,28-29,33-34,40H,14,16-17,19H2,1H3,(H,42,43)/t26-,28+,29-,33-,34-,38-/m0/s1. The van der Waals surface area contributed by atoms with Gasteiger partial charge in [-0.1, -0.05) is 84.4 Å². The summed E-state index contributed by atoms with van der Waals surface area (Å²) in [6.07, 6.45) is 3.54. The van der Waals surface area contributed by atoms with E-state index in [0.717, 1.165) is 16.0 Å². The third-order valence-corrected chi connectivity index (χ3v) is 10.6. The van der Waals surface area contributed by atoms with Gasteiger partial charge in [-0.25, -0.2) is 0 Å². The molecular formula is C38H33NO7. The zero-order valence-corrected chi connectivity index (χ0v) is 25.3. The van der Waals surface area contributed by atoms with E-state index >= 15 is 0 Å². The van der Waals surface area contributed by atoms with E-state index < -0.39 is 46.9 Å². The number of Topliss-reactive ketones (excluding diaryl/α,β-unsaturated/α-hetero) is 1. The zero-order valence-electron chi connectivity index (χ0n) is 25.3. The molecule has 7 rings (SSSR count). The average Bonchev–Trinajstić information content (AvgIpc) is 3.31. The molecule has 0 unspecified atom stereocenters. The number of phenols is 1. The third-order valence-electron chi connectivity index (χ3n) is 10.6. The van der Waals surface area contributed by atoms with Gasteiger partial charge in [0.05, 0.1) is 23.7 Å². The second-order valence-electron chi connectivity index (χ2n) is 12.8. The quantitative estimate of drug-likeness (QED) is 0.295. The van der Waals surface area contributed by atoms with Gasteiger partial charge in [0.25, 0.3) is 0 Å². The summed E-state index contributed by atoms with van der Waals surface area (Å²) in [6, 6.07) is 23.6. The molecule has 1 aliphatic heterocycles. The fraction of sp³-hybridized carbons (Fsp3) is 0.289. The first kappa shape index (κ1) is 29.6. The van der Waals surface area contributed by atoms with Crippen molar-refractivity contribution < 1.29 is 34.2 Å². The number of allylic oxidation sites excluding steroid dienone is 4. The largest absolute Gasteiger partial charge is 0.508 e. The van der Waals surface area contributed by atoms with Crippen LogP contribution in [0, 0.1) is 30.6 Å². The summed E-state index contributed by atoms with van der Waals surface area (Å²) >= 11 is 0. The molecule has 4 aliphatic rings. The number of aromatic hydroxyl groups is 1. The fourth-order valence-electron chi connectivity index (χ4n) is 8.60. The Kier molecular flexibility index (Phi) is 7.11. The van der Waals surface area contributed by atoms with Gasteiger partial charge in [0, 0.05) is 24.0 Å². The van der Waals surface area contributed by atoms with Gasteiger partial charge in [-0.05, 0) is 60.1 Å². The van der Waals surface area contributed by atoms with E-state index in [-0.39, 0.29) is 49.0 Å². The van der Waals surface area contributed by atoms with Crippen LogP contribution in [-0.2, 0) is 29.4 Å². The van der Waals surface area contributed by atoms with Crippen LogP contribution in [0.2, 0.25) is 0 Å². The molecule has 2 fully saturated rings. The van der Waals surface area contributed by atoms with Crippen molar-refractivity contribution in [3.8, 4) is 5.75 Å². The molecule has 1 saturated heterocycles. The lowest BCUT2D eigenvalue weighted by Gasteiger charge is -2.55. The molecule has 3 aromatic carbocycles. The molecule has 0 radical (unpaired) electrons. The minimum Gasteiger partial charge on any atom is -0.508 e. The Bertz CT molecular complexity index is 1860. The summed E-state index contributed by atoms with van der Waals surface area (Å²) in [5.41, 5.74) is 2.46. The minimum atomic E-state index is -1.34. The number of aliphatic carboxylic acids is 1. The smallest absolute Gasteiger partial charge is 0.305 e. The number of hydrogen-bond acceptors (Lipinski definition) is 6. The molecule has 46 heavy (non-hydrogen) atoms. The summed E-state index contributed by atoms with van der Waals surface area (Å²) in [6.45, 7) is 1.57. The Labute approximate surface area is 266 Å². The molecular weight excluding hydrogens is 582 g/mol.